The van der Waals surface area contributed by atoms with Crippen LogP contribution in [0, 0.1) is 5.92 Å². The van der Waals surface area contributed by atoms with Gasteiger partial charge in [0.15, 0.2) is 0 Å². The third kappa shape index (κ3) is 4.19. The van der Waals surface area contributed by atoms with Gasteiger partial charge in [0.2, 0.25) is 5.91 Å². The molecule has 2 heterocycles. The molecule has 0 bridgehead atoms. The third-order valence-electron chi connectivity index (χ3n) is 5.15. The van der Waals surface area contributed by atoms with Gasteiger partial charge in [-0.05, 0) is 46.0 Å². The summed E-state index contributed by atoms with van der Waals surface area (Å²) >= 11 is 0. The number of aromatic nitrogens is 2. The first-order valence-electron chi connectivity index (χ1n) is 9.62. The zero-order chi connectivity index (χ0) is 18.9. The van der Waals surface area contributed by atoms with Crippen LogP contribution in [0.3, 0.4) is 0 Å². The van der Waals surface area contributed by atoms with Crippen molar-refractivity contribution in [1.82, 2.24) is 14.7 Å². The maximum absolute atomic E-state index is 12.7. The lowest BCUT2D eigenvalue weighted by molar-refractivity contribution is 0.0221. The first-order valence-corrected chi connectivity index (χ1v) is 9.62. The quantitative estimate of drug-likeness (QED) is 0.871. The Morgan fingerprint density at radius 2 is 1.92 bits per heavy atom. The van der Waals surface area contributed by atoms with Crippen LogP contribution in [0.4, 0.5) is 10.6 Å². The van der Waals surface area contributed by atoms with E-state index in [0.29, 0.717) is 43.4 Å². The van der Waals surface area contributed by atoms with Crippen molar-refractivity contribution in [3.05, 3.63) is 11.3 Å². The molecule has 1 fully saturated rings. The second kappa shape index (κ2) is 7.29. The van der Waals surface area contributed by atoms with Crippen LogP contribution in [0.5, 0.6) is 0 Å². The van der Waals surface area contributed by atoms with Crippen LogP contribution in [-0.2, 0) is 17.7 Å². The minimum Gasteiger partial charge on any atom is -0.444 e. The van der Waals surface area contributed by atoms with E-state index >= 15 is 0 Å². The SMILES string of the molecule is CC(C)(C)OC(=O)N1CCc2c(nn(C(=O)CC3CCCCC3)c2N)C1. The predicted octanol–water partition coefficient (Wildman–Crippen LogP) is 3.37. The van der Waals surface area contributed by atoms with Gasteiger partial charge in [-0.15, -0.1) is 0 Å². The molecule has 1 amide bonds. The highest BCUT2D eigenvalue weighted by atomic mass is 16.6. The summed E-state index contributed by atoms with van der Waals surface area (Å²) in [5, 5.41) is 4.44. The van der Waals surface area contributed by atoms with Crippen molar-refractivity contribution in [1.29, 1.82) is 0 Å². The number of hydrogen-bond acceptors (Lipinski definition) is 5. The fraction of sp³-hybridized carbons (Fsp3) is 0.737. The molecular formula is C19H30N4O3. The Balaban J connectivity index is 1.69. The zero-order valence-corrected chi connectivity index (χ0v) is 16.1. The molecule has 1 aromatic rings. The monoisotopic (exact) mass is 362 g/mol. The minimum absolute atomic E-state index is 0.0346. The molecule has 0 spiro atoms. The number of carbonyl (C=O) groups is 2. The number of nitrogens with two attached hydrogens (primary N) is 1. The van der Waals surface area contributed by atoms with Crippen LogP contribution in [0.25, 0.3) is 0 Å². The molecular weight excluding hydrogens is 332 g/mol. The third-order valence-corrected chi connectivity index (χ3v) is 5.15. The standard InChI is InChI=1S/C19H30N4O3/c1-19(2,3)26-18(25)22-10-9-14-15(12-22)21-23(17(14)20)16(24)11-13-7-5-4-6-8-13/h13H,4-12,20H2,1-3H3. The van der Waals surface area contributed by atoms with Crippen LogP contribution in [0.2, 0.25) is 0 Å². The number of hydrogen-bond donors (Lipinski definition) is 1. The normalized spacial score (nSPS) is 18.5. The molecule has 7 nitrogen and oxygen atoms in total. The van der Waals surface area contributed by atoms with Gasteiger partial charge in [-0.1, -0.05) is 19.3 Å². The first-order chi connectivity index (χ1) is 12.2. The van der Waals surface area contributed by atoms with E-state index in [1.165, 1.54) is 23.9 Å². The highest BCUT2D eigenvalue weighted by molar-refractivity contribution is 5.82. The summed E-state index contributed by atoms with van der Waals surface area (Å²) in [5.41, 5.74) is 7.26. The molecule has 26 heavy (non-hydrogen) atoms. The van der Waals surface area contributed by atoms with Gasteiger partial charge in [-0.25, -0.2) is 4.79 Å². The summed E-state index contributed by atoms with van der Waals surface area (Å²) in [6.45, 7) is 6.39. The van der Waals surface area contributed by atoms with Gasteiger partial charge < -0.3 is 15.4 Å². The van der Waals surface area contributed by atoms with E-state index in [-0.39, 0.29) is 12.0 Å². The number of amides is 1. The van der Waals surface area contributed by atoms with Gasteiger partial charge in [0.1, 0.15) is 11.4 Å². The number of nitrogen functional groups attached to an aromatic ring is 1. The molecule has 1 saturated carbocycles. The van der Waals surface area contributed by atoms with Crippen LogP contribution in [0.15, 0.2) is 0 Å². The van der Waals surface area contributed by atoms with Crippen LogP contribution in [0.1, 0.15) is 75.3 Å². The number of fused-ring (bicyclic) bond motifs is 1. The summed E-state index contributed by atoms with van der Waals surface area (Å²) in [6.07, 6.45) is 6.63. The molecule has 0 saturated heterocycles. The van der Waals surface area contributed by atoms with Crippen LogP contribution >= 0.6 is 0 Å². The number of carbonyl (C=O) groups excluding carboxylic acids is 2. The summed E-state index contributed by atoms with van der Waals surface area (Å²) in [7, 11) is 0. The van der Waals surface area contributed by atoms with E-state index < -0.39 is 5.60 Å². The molecule has 0 atom stereocenters. The van der Waals surface area contributed by atoms with E-state index in [4.69, 9.17) is 10.5 Å². The van der Waals surface area contributed by atoms with Gasteiger partial charge >= 0.3 is 6.09 Å². The Bertz CT molecular complexity index is 684. The van der Waals surface area contributed by atoms with Gasteiger partial charge in [-0.3, -0.25) is 4.79 Å². The average molecular weight is 362 g/mol. The zero-order valence-electron chi connectivity index (χ0n) is 16.1. The van der Waals surface area contributed by atoms with Crippen molar-refractivity contribution in [2.45, 2.75) is 77.9 Å². The lowest BCUT2D eigenvalue weighted by Crippen LogP contribution is -2.39. The largest absolute Gasteiger partial charge is 0.444 e. The molecule has 144 valence electrons. The number of ether oxygens (including phenoxy) is 1. The van der Waals surface area contributed by atoms with E-state index in [1.54, 1.807) is 4.90 Å². The predicted molar refractivity (Wildman–Crippen MR) is 98.8 cm³/mol. The molecule has 1 aliphatic heterocycles. The lowest BCUT2D eigenvalue weighted by atomic mass is 9.87. The summed E-state index contributed by atoms with van der Waals surface area (Å²) in [6, 6.07) is 0. The Labute approximate surface area is 154 Å². The van der Waals surface area contributed by atoms with Crippen LogP contribution < -0.4 is 5.73 Å². The molecule has 2 N–H and O–H groups in total. The highest BCUT2D eigenvalue weighted by Crippen LogP contribution is 2.29. The minimum atomic E-state index is -0.536. The van der Waals surface area contributed by atoms with Crippen molar-refractivity contribution in [3.63, 3.8) is 0 Å². The van der Waals surface area contributed by atoms with Crippen molar-refractivity contribution in [2.75, 3.05) is 12.3 Å². The van der Waals surface area contributed by atoms with E-state index in [9.17, 15) is 9.59 Å². The number of anilines is 1. The number of rotatable bonds is 2. The van der Waals surface area contributed by atoms with E-state index in [0.717, 1.165) is 18.4 Å². The summed E-state index contributed by atoms with van der Waals surface area (Å²) in [4.78, 5) is 26.6. The second-order valence-corrected chi connectivity index (χ2v) is 8.48. The van der Waals surface area contributed by atoms with E-state index in [2.05, 4.69) is 5.10 Å². The van der Waals surface area contributed by atoms with E-state index in [1.807, 2.05) is 20.8 Å². The van der Waals surface area contributed by atoms with Gasteiger partial charge in [0.25, 0.3) is 0 Å². The van der Waals surface area contributed by atoms with Crippen molar-refractivity contribution < 1.29 is 14.3 Å². The Hall–Kier alpha value is -2.05. The Morgan fingerprint density at radius 1 is 1.23 bits per heavy atom. The molecule has 0 radical (unpaired) electrons. The molecule has 7 heteroatoms. The highest BCUT2D eigenvalue weighted by Gasteiger charge is 2.30. The lowest BCUT2D eigenvalue weighted by Gasteiger charge is -2.29. The molecule has 2 aliphatic rings. The molecule has 3 rings (SSSR count). The molecule has 0 unspecified atom stereocenters. The molecule has 0 aromatic carbocycles. The topological polar surface area (TPSA) is 90.5 Å². The van der Waals surface area contributed by atoms with Gasteiger partial charge in [-0.2, -0.15) is 9.78 Å². The average Bonchev–Trinajstić information content (AvgIpc) is 2.91. The van der Waals surface area contributed by atoms with Gasteiger partial charge in [0, 0.05) is 18.5 Å². The van der Waals surface area contributed by atoms with Gasteiger partial charge in [0.05, 0.1) is 12.2 Å². The maximum Gasteiger partial charge on any atom is 0.410 e. The Kier molecular flexibility index (Phi) is 5.25. The van der Waals surface area contributed by atoms with Crippen molar-refractivity contribution in [2.24, 2.45) is 5.92 Å². The molecule has 1 aromatic heterocycles. The summed E-state index contributed by atoms with van der Waals surface area (Å²) in [5.74, 6) is 0.840. The maximum atomic E-state index is 12.7. The fourth-order valence-electron chi connectivity index (χ4n) is 3.81. The second-order valence-electron chi connectivity index (χ2n) is 8.48. The first kappa shape index (κ1) is 18.7. The van der Waals surface area contributed by atoms with Crippen molar-refractivity contribution >= 4 is 17.8 Å². The van der Waals surface area contributed by atoms with Crippen molar-refractivity contribution in [3.8, 4) is 0 Å². The fourth-order valence-corrected chi connectivity index (χ4v) is 3.81. The Morgan fingerprint density at radius 3 is 2.58 bits per heavy atom. The van der Waals surface area contributed by atoms with Crippen LogP contribution in [-0.4, -0.2) is 38.8 Å². The molecule has 1 aliphatic carbocycles. The smallest absolute Gasteiger partial charge is 0.410 e. The summed E-state index contributed by atoms with van der Waals surface area (Å²) < 4.78 is 6.79. The number of nitrogens with zero attached hydrogens (tertiary/aromatic N) is 3.